The third-order valence-corrected chi connectivity index (χ3v) is 3.19. The zero-order valence-electron chi connectivity index (χ0n) is 9.12. The van der Waals surface area contributed by atoms with Gasteiger partial charge in [0.1, 0.15) is 5.75 Å². The second-order valence-electron chi connectivity index (χ2n) is 3.19. The molecule has 0 aliphatic rings. The van der Waals surface area contributed by atoms with Crippen LogP contribution in [0, 0.1) is 0 Å². The van der Waals surface area contributed by atoms with Crippen LogP contribution < -0.4 is 4.74 Å². The Kier molecular flexibility index (Phi) is 3.40. The lowest BCUT2D eigenvalue weighted by molar-refractivity contribution is 0.411. The van der Waals surface area contributed by atoms with Gasteiger partial charge in [-0.1, -0.05) is 30.0 Å². The molecule has 5 nitrogen and oxygen atoms in total. The number of nitrogens with zero attached hydrogens (tertiary/aromatic N) is 4. The molecule has 0 radical (unpaired) electrons. The molecule has 0 saturated carbocycles. The summed E-state index contributed by atoms with van der Waals surface area (Å²) in [5.74, 6) is 1.68. The standard InChI is InChI=1S/C10H12N4OS/c1-14-10(11-12-13-14)16-7-8-5-3-4-6-9(8)15-2/h3-6H,7H2,1-2H3. The molecule has 0 aliphatic heterocycles. The number of aromatic nitrogens is 4. The summed E-state index contributed by atoms with van der Waals surface area (Å²) in [6.07, 6.45) is 0. The Bertz CT molecular complexity index is 471. The molecule has 16 heavy (non-hydrogen) atoms. The maximum absolute atomic E-state index is 5.27. The largest absolute Gasteiger partial charge is 0.496 e. The minimum absolute atomic E-state index is 0.790. The molecule has 0 fully saturated rings. The van der Waals surface area contributed by atoms with Gasteiger partial charge in [0.25, 0.3) is 0 Å². The van der Waals surface area contributed by atoms with Crippen molar-refractivity contribution in [2.45, 2.75) is 10.9 Å². The molecule has 1 aromatic carbocycles. The third kappa shape index (κ3) is 2.33. The first-order chi connectivity index (χ1) is 7.81. The number of methoxy groups -OCH3 is 1. The average Bonchev–Trinajstić information content (AvgIpc) is 2.72. The number of hydrogen-bond donors (Lipinski definition) is 0. The van der Waals surface area contributed by atoms with E-state index in [2.05, 4.69) is 15.5 Å². The summed E-state index contributed by atoms with van der Waals surface area (Å²) in [4.78, 5) is 0. The molecule has 1 aromatic heterocycles. The third-order valence-electron chi connectivity index (χ3n) is 2.13. The highest BCUT2D eigenvalue weighted by Crippen LogP contribution is 2.25. The smallest absolute Gasteiger partial charge is 0.209 e. The molecule has 6 heteroatoms. The van der Waals surface area contributed by atoms with Crippen LogP contribution in [0.2, 0.25) is 0 Å². The Labute approximate surface area is 97.8 Å². The van der Waals surface area contributed by atoms with Crippen molar-refractivity contribution in [3.05, 3.63) is 29.8 Å². The predicted octanol–water partition coefficient (Wildman–Crippen LogP) is 1.51. The van der Waals surface area contributed by atoms with Crippen molar-refractivity contribution in [2.75, 3.05) is 7.11 Å². The minimum atomic E-state index is 0.790. The Morgan fingerprint density at radius 3 is 2.88 bits per heavy atom. The Hall–Kier alpha value is -1.56. The van der Waals surface area contributed by atoms with E-state index >= 15 is 0 Å². The molecule has 2 aromatic rings. The lowest BCUT2D eigenvalue weighted by Gasteiger charge is -2.06. The fraction of sp³-hybridized carbons (Fsp3) is 0.300. The van der Waals surface area contributed by atoms with Gasteiger partial charge in [0.15, 0.2) is 0 Å². The van der Waals surface area contributed by atoms with Crippen LogP contribution >= 0.6 is 11.8 Å². The average molecular weight is 236 g/mol. The highest BCUT2D eigenvalue weighted by Gasteiger charge is 2.06. The zero-order valence-corrected chi connectivity index (χ0v) is 9.94. The lowest BCUT2D eigenvalue weighted by Crippen LogP contribution is -1.94. The molecule has 0 N–H and O–H groups in total. The quantitative estimate of drug-likeness (QED) is 0.753. The van der Waals surface area contributed by atoms with E-state index in [4.69, 9.17) is 4.74 Å². The maximum atomic E-state index is 5.27. The first kappa shape index (κ1) is 10.9. The highest BCUT2D eigenvalue weighted by molar-refractivity contribution is 7.98. The number of aryl methyl sites for hydroxylation is 1. The number of ether oxygens (including phenoxy) is 1. The summed E-state index contributed by atoms with van der Waals surface area (Å²) in [7, 11) is 3.50. The molecule has 0 spiro atoms. The number of rotatable bonds is 4. The molecule has 0 bridgehead atoms. The van der Waals surface area contributed by atoms with E-state index in [-0.39, 0.29) is 0 Å². The summed E-state index contributed by atoms with van der Waals surface area (Å²) in [5.41, 5.74) is 1.14. The van der Waals surface area contributed by atoms with E-state index in [0.717, 1.165) is 22.2 Å². The van der Waals surface area contributed by atoms with Gasteiger partial charge in [-0.15, -0.1) is 5.10 Å². The van der Waals surface area contributed by atoms with Crippen LogP contribution in [0.4, 0.5) is 0 Å². The fourth-order valence-electron chi connectivity index (χ4n) is 1.31. The summed E-state index contributed by atoms with van der Waals surface area (Å²) in [6, 6.07) is 7.94. The van der Waals surface area contributed by atoms with Gasteiger partial charge in [0.2, 0.25) is 5.16 Å². The predicted molar refractivity (Wildman–Crippen MR) is 61.4 cm³/mol. The molecular weight excluding hydrogens is 224 g/mol. The van der Waals surface area contributed by atoms with E-state index in [0.29, 0.717) is 0 Å². The number of hydrogen-bond acceptors (Lipinski definition) is 5. The van der Waals surface area contributed by atoms with E-state index in [9.17, 15) is 0 Å². The van der Waals surface area contributed by atoms with Gasteiger partial charge in [-0.25, -0.2) is 4.68 Å². The maximum Gasteiger partial charge on any atom is 0.209 e. The van der Waals surface area contributed by atoms with Gasteiger partial charge in [-0.2, -0.15) is 0 Å². The summed E-state index contributed by atoms with van der Waals surface area (Å²) >= 11 is 1.58. The van der Waals surface area contributed by atoms with Gasteiger partial charge in [-0.05, 0) is 16.5 Å². The first-order valence-electron chi connectivity index (χ1n) is 4.78. The minimum Gasteiger partial charge on any atom is -0.496 e. The molecule has 0 aliphatic carbocycles. The van der Waals surface area contributed by atoms with Crippen molar-refractivity contribution in [1.29, 1.82) is 0 Å². The van der Waals surface area contributed by atoms with Crippen LogP contribution in [-0.2, 0) is 12.8 Å². The van der Waals surface area contributed by atoms with Crippen molar-refractivity contribution in [1.82, 2.24) is 20.2 Å². The van der Waals surface area contributed by atoms with Crippen molar-refractivity contribution < 1.29 is 4.74 Å². The van der Waals surface area contributed by atoms with Gasteiger partial charge < -0.3 is 4.74 Å². The summed E-state index contributed by atoms with van der Waals surface area (Å²) in [5, 5.41) is 12.1. The van der Waals surface area contributed by atoms with Crippen molar-refractivity contribution in [3.8, 4) is 5.75 Å². The SMILES string of the molecule is COc1ccccc1CSc1nnnn1C. The number of thioether (sulfide) groups is 1. The van der Waals surface area contributed by atoms with Gasteiger partial charge >= 0.3 is 0 Å². The Morgan fingerprint density at radius 2 is 2.19 bits per heavy atom. The van der Waals surface area contributed by atoms with Crippen LogP contribution in [0.5, 0.6) is 5.75 Å². The number of benzene rings is 1. The second-order valence-corrected chi connectivity index (χ2v) is 4.13. The summed E-state index contributed by atoms with van der Waals surface area (Å²) in [6.45, 7) is 0. The van der Waals surface area contributed by atoms with Crippen molar-refractivity contribution >= 4 is 11.8 Å². The van der Waals surface area contributed by atoms with Crippen LogP contribution in [-0.4, -0.2) is 27.3 Å². The van der Waals surface area contributed by atoms with E-state index in [1.165, 1.54) is 0 Å². The lowest BCUT2D eigenvalue weighted by atomic mass is 10.2. The monoisotopic (exact) mass is 236 g/mol. The van der Waals surface area contributed by atoms with Crippen LogP contribution in [0.25, 0.3) is 0 Å². The molecule has 0 unspecified atom stereocenters. The zero-order chi connectivity index (χ0) is 11.4. The molecule has 0 atom stereocenters. The normalized spacial score (nSPS) is 10.4. The van der Waals surface area contributed by atoms with E-state index in [1.54, 1.807) is 23.6 Å². The highest BCUT2D eigenvalue weighted by atomic mass is 32.2. The molecule has 0 amide bonds. The number of para-hydroxylation sites is 1. The molecule has 1 heterocycles. The van der Waals surface area contributed by atoms with Gasteiger partial charge in [0, 0.05) is 18.4 Å². The van der Waals surface area contributed by atoms with Crippen molar-refractivity contribution in [3.63, 3.8) is 0 Å². The van der Waals surface area contributed by atoms with Crippen LogP contribution in [0.15, 0.2) is 29.4 Å². The molecule has 2 rings (SSSR count). The Balaban J connectivity index is 2.07. The van der Waals surface area contributed by atoms with E-state index in [1.807, 2.05) is 31.3 Å². The second kappa shape index (κ2) is 4.98. The molecule has 84 valence electrons. The van der Waals surface area contributed by atoms with Crippen LogP contribution in [0.1, 0.15) is 5.56 Å². The van der Waals surface area contributed by atoms with Crippen LogP contribution in [0.3, 0.4) is 0 Å². The molecule has 0 saturated heterocycles. The van der Waals surface area contributed by atoms with E-state index < -0.39 is 0 Å². The van der Waals surface area contributed by atoms with Gasteiger partial charge in [-0.3, -0.25) is 0 Å². The van der Waals surface area contributed by atoms with Crippen molar-refractivity contribution in [2.24, 2.45) is 7.05 Å². The Morgan fingerprint density at radius 1 is 1.38 bits per heavy atom. The first-order valence-corrected chi connectivity index (χ1v) is 5.77. The topological polar surface area (TPSA) is 52.8 Å². The number of tetrazole rings is 1. The molecular formula is C10H12N4OS. The summed E-state index contributed by atoms with van der Waals surface area (Å²) < 4.78 is 6.93. The fourth-order valence-corrected chi connectivity index (χ4v) is 2.15. The van der Waals surface area contributed by atoms with Gasteiger partial charge in [0.05, 0.1) is 7.11 Å².